The second kappa shape index (κ2) is 10.5. The Bertz CT molecular complexity index is 1410. The minimum atomic E-state index is -0.477. The van der Waals surface area contributed by atoms with E-state index in [1.807, 2.05) is 91.9 Å². The Morgan fingerprint density at radius 1 is 0.842 bits per heavy atom. The van der Waals surface area contributed by atoms with E-state index >= 15 is 0 Å². The molecule has 1 amide bonds. The van der Waals surface area contributed by atoms with Crippen LogP contribution in [0.5, 0.6) is 0 Å². The monoisotopic (exact) mass is 502 g/mol. The molecular formula is C33H30N2O3. The summed E-state index contributed by atoms with van der Waals surface area (Å²) >= 11 is 0. The molecule has 4 aromatic carbocycles. The van der Waals surface area contributed by atoms with Gasteiger partial charge in [-0.3, -0.25) is 0 Å². The highest BCUT2D eigenvalue weighted by atomic mass is 16.6. The van der Waals surface area contributed by atoms with Gasteiger partial charge in [0.25, 0.3) is 0 Å². The maximum atomic E-state index is 13.2. The quantitative estimate of drug-likeness (QED) is 0.306. The maximum absolute atomic E-state index is 13.2. The first-order chi connectivity index (χ1) is 18.7. The van der Waals surface area contributed by atoms with Gasteiger partial charge in [0, 0.05) is 12.3 Å². The third kappa shape index (κ3) is 4.80. The minimum absolute atomic E-state index is 0.00303. The van der Waals surface area contributed by atoms with Gasteiger partial charge < -0.3 is 14.8 Å². The van der Waals surface area contributed by atoms with Crippen LogP contribution in [-0.2, 0) is 15.9 Å². The molecule has 0 saturated heterocycles. The Morgan fingerprint density at radius 3 is 2.08 bits per heavy atom. The second-order valence-electron chi connectivity index (χ2n) is 9.87. The summed E-state index contributed by atoms with van der Waals surface area (Å²) in [6, 6.07) is 36.3. The van der Waals surface area contributed by atoms with Crippen molar-refractivity contribution in [1.82, 2.24) is 5.32 Å². The summed E-state index contributed by atoms with van der Waals surface area (Å²) in [5, 5.41) is 3.05. The summed E-state index contributed by atoms with van der Waals surface area (Å²) in [5.41, 5.74) is 6.93. The number of hydrogen-bond donors (Lipinski definition) is 1. The number of fused-ring (bicyclic) bond motifs is 3. The number of ether oxygens (including phenoxy) is 2. The van der Waals surface area contributed by atoms with Gasteiger partial charge >= 0.3 is 6.09 Å². The van der Waals surface area contributed by atoms with Crippen molar-refractivity contribution < 1.29 is 14.3 Å². The van der Waals surface area contributed by atoms with Gasteiger partial charge in [0.15, 0.2) is 0 Å². The van der Waals surface area contributed by atoms with Crippen LogP contribution in [0.3, 0.4) is 0 Å². The van der Waals surface area contributed by atoms with E-state index < -0.39 is 12.1 Å². The zero-order valence-electron chi connectivity index (χ0n) is 21.3. The van der Waals surface area contributed by atoms with Gasteiger partial charge in [-0.25, -0.2) is 9.79 Å². The normalized spacial score (nSPS) is 18.6. The van der Waals surface area contributed by atoms with Gasteiger partial charge in [0.05, 0.1) is 6.04 Å². The van der Waals surface area contributed by atoms with E-state index in [1.165, 1.54) is 22.3 Å². The molecule has 6 rings (SSSR count). The Balaban J connectivity index is 1.18. The molecule has 0 radical (unpaired) electrons. The SMILES string of the molecule is C[C@@H]1N=C([C@H](Cc2ccccc2)NC(=O)OCC2c3ccccc3-c3ccccc32)O[C@H]1c1ccccc1. The molecule has 0 saturated carbocycles. The lowest BCUT2D eigenvalue weighted by Gasteiger charge is -2.21. The summed E-state index contributed by atoms with van der Waals surface area (Å²) in [6.45, 7) is 2.30. The van der Waals surface area contributed by atoms with Gasteiger partial charge in [-0.2, -0.15) is 0 Å². The van der Waals surface area contributed by atoms with Gasteiger partial charge in [-0.15, -0.1) is 0 Å². The number of hydrogen-bond acceptors (Lipinski definition) is 4. The summed E-state index contributed by atoms with van der Waals surface area (Å²) in [5.74, 6) is 0.534. The summed E-state index contributed by atoms with van der Waals surface area (Å²) in [7, 11) is 0. The fourth-order valence-corrected chi connectivity index (χ4v) is 5.52. The van der Waals surface area contributed by atoms with Crippen molar-refractivity contribution in [2.75, 3.05) is 6.61 Å². The van der Waals surface area contributed by atoms with Crippen molar-refractivity contribution in [3.05, 3.63) is 131 Å². The first kappa shape index (κ1) is 24.0. The molecule has 0 aromatic heterocycles. The van der Waals surface area contributed by atoms with E-state index in [9.17, 15) is 4.79 Å². The van der Waals surface area contributed by atoms with Crippen molar-refractivity contribution in [3.8, 4) is 11.1 Å². The smallest absolute Gasteiger partial charge is 0.407 e. The molecule has 0 spiro atoms. The Kier molecular flexibility index (Phi) is 6.65. The molecule has 1 aliphatic carbocycles. The van der Waals surface area contributed by atoms with Crippen LogP contribution in [0.25, 0.3) is 11.1 Å². The number of carbonyl (C=O) groups excluding carboxylic acids is 1. The molecule has 38 heavy (non-hydrogen) atoms. The largest absolute Gasteiger partial charge is 0.469 e. The van der Waals surface area contributed by atoms with Crippen LogP contribution in [0.15, 0.2) is 114 Å². The molecule has 5 heteroatoms. The predicted molar refractivity (Wildman–Crippen MR) is 149 cm³/mol. The third-order valence-electron chi connectivity index (χ3n) is 7.36. The van der Waals surface area contributed by atoms with Crippen molar-refractivity contribution in [1.29, 1.82) is 0 Å². The number of amides is 1. The van der Waals surface area contributed by atoms with Crippen LogP contribution in [-0.4, -0.2) is 30.7 Å². The predicted octanol–water partition coefficient (Wildman–Crippen LogP) is 6.69. The van der Waals surface area contributed by atoms with Gasteiger partial charge in [0.1, 0.15) is 18.8 Å². The summed E-state index contributed by atoms with van der Waals surface area (Å²) < 4.78 is 12.2. The molecule has 0 fully saturated rings. The molecule has 1 aliphatic heterocycles. The molecule has 5 nitrogen and oxygen atoms in total. The number of nitrogens with one attached hydrogen (secondary N) is 1. The Hall–Kier alpha value is -4.38. The minimum Gasteiger partial charge on any atom is -0.469 e. The lowest BCUT2D eigenvalue weighted by atomic mass is 9.98. The van der Waals surface area contributed by atoms with Gasteiger partial charge in [0.2, 0.25) is 5.90 Å². The van der Waals surface area contributed by atoms with E-state index in [4.69, 9.17) is 14.5 Å². The first-order valence-electron chi connectivity index (χ1n) is 13.1. The fourth-order valence-electron chi connectivity index (χ4n) is 5.52. The second-order valence-corrected chi connectivity index (χ2v) is 9.87. The van der Waals surface area contributed by atoms with Crippen LogP contribution in [0.4, 0.5) is 4.79 Å². The van der Waals surface area contributed by atoms with E-state index in [2.05, 4.69) is 29.6 Å². The fraction of sp³-hybridized carbons (Fsp3) is 0.212. The highest BCUT2D eigenvalue weighted by Crippen LogP contribution is 2.44. The topological polar surface area (TPSA) is 59.9 Å². The molecule has 0 bridgehead atoms. The zero-order chi connectivity index (χ0) is 25.9. The van der Waals surface area contributed by atoms with Crippen molar-refractivity contribution in [2.24, 2.45) is 4.99 Å². The van der Waals surface area contributed by atoms with Gasteiger partial charge in [-0.05, 0) is 40.3 Å². The number of carbonyl (C=O) groups is 1. The van der Waals surface area contributed by atoms with Crippen molar-refractivity contribution in [3.63, 3.8) is 0 Å². The van der Waals surface area contributed by atoms with Crippen LogP contribution in [0.1, 0.15) is 41.2 Å². The number of alkyl carbamates (subject to hydrolysis) is 1. The van der Waals surface area contributed by atoms with E-state index in [1.54, 1.807) is 0 Å². The molecule has 0 unspecified atom stereocenters. The maximum Gasteiger partial charge on any atom is 0.407 e. The van der Waals surface area contributed by atoms with Gasteiger partial charge in [-0.1, -0.05) is 109 Å². The summed E-state index contributed by atoms with van der Waals surface area (Å²) in [4.78, 5) is 18.0. The Morgan fingerprint density at radius 2 is 1.42 bits per heavy atom. The molecule has 1 heterocycles. The first-order valence-corrected chi connectivity index (χ1v) is 13.1. The zero-order valence-corrected chi connectivity index (χ0v) is 21.3. The molecule has 2 aliphatic rings. The average molecular weight is 503 g/mol. The number of benzene rings is 4. The lowest BCUT2D eigenvalue weighted by molar-refractivity contribution is 0.138. The number of aliphatic imine (C=N–C) groups is 1. The Labute approximate surface area is 223 Å². The van der Waals surface area contributed by atoms with Crippen LogP contribution in [0.2, 0.25) is 0 Å². The van der Waals surface area contributed by atoms with Crippen LogP contribution in [0, 0.1) is 0 Å². The summed E-state index contributed by atoms with van der Waals surface area (Å²) in [6.07, 6.45) is -0.110. The highest BCUT2D eigenvalue weighted by Gasteiger charge is 2.35. The number of nitrogens with zero attached hydrogens (tertiary/aromatic N) is 1. The molecule has 3 atom stereocenters. The lowest BCUT2D eigenvalue weighted by Crippen LogP contribution is -2.43. The van der Waals surface area contributed by atoms with E-state index in [0.717, 1.165) is 11.1 Å². The van der Waals surface area contributed by atoms with Crippen LogP contribution >= 0.6 is 0 Å². The number of rotatable bonds is 7. The van der Waals surface area contributed by atoms with Crippen LogP contribution < -0.4 is 5.32 Å². The molecule has 4 aromatic rings. The highest BCUT2D eigenvalue weighted by molar-refractivity contribution is 5.87. The van der Waals surface area contributed by atoms with E-state index in [0.29, 0.717) is 12.3 Å². The van der Waals surface area contributed by atoms with Crippen molar-refractivity contribution >= 4 is 12.0 Å². The van der Waals surface area contributed by atoms with Crippen molar-refractivity contribution in [2.45, 2.75) is 37.5 Å². The molecule has 1 N–H and O–H groups in total. The molecular weight excluding hydrogens is 472 g/mol. The van der Waals surface area contributed by atoms with E-state index in [-0.39, 0.29) is 24.7 Å². The molecule has 190 valence electrons. The standard InChI is InChI=1S/C33H30N2O3/c1-22-31(24-14-6-3-7-15-24)38-32(34-22)30(20-23-12-4-2-5-13-23)35-33(36)37-21-29-27-18-10-8-16-25(27)26-17-9-11-19-28(26)29/h2-19,22,29-31H,20-21H2,1H3,(H,35,36)/t22-,30-,31+/m0/s1. The third-order valence-corrected chi connectivity index (χ3v) is 7.36. The average Bonchev–Trinajstić information content (AvgIpc) is 3.50.